The SMILES string of the molecule is O=C(c1cc(=O)c2cc(Cl)ccc2o1)N1CCCCCC1. The summed E-state index contributed by atoms with van der Waals surface area (Å²) in [5, 5.41) is 0.872. The summed E-state index contributed by atoms with van der Waals surface area (Å²) < 4.78 is 5.60. The Morgan fingerprint density at radius 3 is 2.52 bits per heavy atom. The molecule has 0 N–H and O–H groups in total. The van der Waals surface area contributed by atoms with Crippen LogP contribution in [-0.4, -0.2) is 23.9 Å². The molecular weight excluding hydrogens is 290 g/mol. The third kappa shape index (κ3) is 2.95. The van der Waals surface area contributed by atoms with Gasteiger partial charge in [0, 0.05) is 24.2 Å². The average molecular weight is 306 g/mol. The van der Waals surface area contributed by atoms with Crippen LogP contribution in [0.3, 0.4) is 0 Å². The molecule has 0 unspecified atom stereocenters. The molecule has 3 rings (SSSR count). The molecule has 1 aliphatic rings. The van der Waals surface area contributed by atoms with E-state index in [-0.39, 0.29) is 17.1 Å². The topological polar surface area (TPSA) is 50.5 Å². The van der Waals surface area contributed by atoms with Crippen LogP contribution in [0.4, 0.5) is 0 Å². The van der Waals surface area contributed by atoms with Crippen LogP contribution in [-0.2, 0) is 0 Å². The highest BCUT2D eigenvalue weighted by Gasteiger charge is 2.20. The molecule has 1 aromatic heterocycles. The normalized spacial score (nSPS) is 16.0. The zero-order valence-corrected chi connectivity index (χ0v) is 12.4. The number of fused-ring (bicyclic) bond motifs is 1. The predicted octanol–water partition coefficient (Wildman–Crippen LogP) is 3.46. The molecule has 4 nitrogen and oxygen atoms in total. The molecule has 5 heteroatoms. The van der Waals surface area contributed by atoms with Gasteiger partial charge in [-0.25, -0.2) is 0 Å². The molecule has 0 aliphatic carbocycles. The minimum atomic E-state index is -0.239. The maximum atomic E-state index is 12.5. The van der Waals surface area contributed by atoms with E-state index in [9.17, 15) is 9.59 Å². The summed E-state index contributed by atoms with van der Waals surface area (Å²) in [5.41, 5.74) is 0.155. The van der Waals surface area contributed by atoms with E-state index >= 15 is 0 Å². The van der Waals surface area contributed by atoms with Crippen LogP contribution < -0.4 is 5.43 Å². The van der Waals surface area contributed by atoms with E-state index < -0.39 is 0 Å². The Hall–Kier alpha value is -1.81. The van der Waals surface area contributed by atoms with Gasteiger partial charge in [-0.3, -0.25) is 9.59 Å². The van der Waals surface area contributed by atoms with Crippen molar-refractivity contribution in [2.45, 2.75) is 25.7 Å². The van der Waals surface area contributed by atoms with Gasteiger partial charge in [-0.1, -0.05) is 24.4 Å². The van der Waals surface area contributed by atoms with Gasteiger partial charge >= 0.3 is 0 Å². The molecule has 0 radical (unpaired) electrons. The van der Waals surface area contributed by atoms with Gasteiger partial charge in [0.15, 0.2) is 11.2 Å². The summed E-state index contributed by atoms with van der Waals surface area (Å²) in [6.45, 7) is 1.45. The van der Waals surface area contributed by atoms with Crippen molar-refractivity contribution in [1.82, 2.24) is 4.90 Å². The van der Waals surface area contributed by atoms with E-state index in [1.807, 2.05) is 0 Å². The molecule has 21 heavy (non-hydrogen) atoms. The highest BCUT2D eigenvalue weighted by molar-refractivity contribution is 6.31. The van der Waals surface area contributed by atoms with Gasteiger partial charge in [-0.05, 0) is 31.0 Å². The number of benzene rings is 1. The Morgan fingerprint density at radius 1 is 1.10 bits per heavy atom. The standard InChI is InChI=1S/C16H16ClNO3/c17-11-5-6-14-12(9-11)13(19)10-15(21-14)16(20)18-7-3-1-2-4-8-18/h5-6,9-10H,1-4,7-8H2. The first-order valence-electron chi connectivity index (χ1n) is 7.18. The van der Waals surface area contributed by atoms with Crippen LogP contribution in [0, 0.1) is 0 Å². The second-order valence-corrected chi connectivity index (χ2v) is 5.76. The number of amides is 1. The number of carbonyl (C=O) groups excluding carboxylic acids is 1. The Bertz CT molecular complexity index is 730. The van der Waals surface area contributed by atoms with Crippen molar-refractivity contribution in [3.63, 3.8) is 0 Å². The fraction of sp³-hybridized carbons (Fsp3) is 0.375. The van der Waals surface area contributed by atoms with Crippen LogP contribution in [0.15, 0.2) is 33.5 Å². The fourth-order valence-corrected chi connectivity index (χ4v) is 2.84. The quantitative estimate of drug-likeness (QED) is 0.810. The highest BCUT2D eigenvalue weighted by Crippen LogP contribution is 2.19. The molecule has 1 saturated heterocycles. The summed E-state index contributed by atoms with van der Waals surface area (Å²) in [6, 6.07) is 6.10. The van der Waals surface area contributed by atoms with Crippen LogP contribution >= 0.6 is 11.6 Å². The van der Waals surface area contributed by atoms with E-state index in [1.165, 1.54) is 6.07 Å². The lowest BCUT2D eigenvalue weighted by Gasteiger charge is -2.19. The number of carbonyl (C=O) groups is 1. The minimum Gasteiger partial charge on any atom is -0.451 e. The lowest BCUT2D eigenvalue weighted by molar-refractivity contribution is 0.0730. The molecule has 0 spiro atoms. The van der Waals surface area contributed by atoms with Crippen molar-refractivity contribution in [3.8, 4) is 0 Å². The molecule has 0 atom stereocenters. The van der Waals surface area contributed by atoms with Gasteiger partial charge in [-0.15, -0.1) is 0 Å². The highest BCUT2D eigenvalue weighted by atomic mass is 35.5. The molecule has 1 amide bonds. The van der Waals surface area contributed by atoms with E-state index in [0.717, 1.165) is 38.8 Å². The second-order valence-electron chi connectivity index (χ2n) is 5.32. The van der Waals surface area contributed by atoms with Crippen LogP contribution in [0.1, 0.15) is 36.2 Å². The molecule has 110 valence electrons. The zero-order valence-electron chi connectivity index (χ0n) is 11.6. The molecule has 1 aromatic carbocycles. The summed E-state index contributed by atoms with van der Waals surface area (Å²) >= 11 is 5.88. The van der Waals surface area contributed by atoms with Crippen molar-refractivity contribution >= 4 is 28.5 Å². The van der Waals surface area contributed by atoms with Gasteiger partial charge < -0.3 is 9.32 Å². The zero-order chi connectivity index (χ0) is 14.8. The van der Waals surface area contributed by atoms with Crippen molar-refractivity contribution in [3.05, 3.63) is 45.3 Å². The van der Waals surface area contributed by atoms with E-state index in [2.05, 4.69) is 0 Å². The summed E-state index contributed by atoms with van der Waals surface area (Å²) in [6.07, 6.45) is 4.28. The number of rotatable bonds is 1. The van der Waals surface area contributed by atoms with Crippen molar-refractivity contribution in [2.75, 3.05) is 13.1 Å². The Morgan fingerprint density at radius 2 is 1.81 bits per heavy atom. The van der Waals surface area contributed by atoms with Crippen molar-refractivity contribution in [1.29, 1.82) is 0 Å². The van der Waals surface area contributed by atoms with Crippen LogP contribution in [0.25, 0.3) is 11.0 Å². The number of halogens is 1. The predicted molar refractivity (Wildman–Crippen MR) is 81.9 cm³/mol. The molecule has 1 fully saturated rings. The Balaban J connectivity index is 1.98. The lowest BCUT2D eigenvalue weighted by Crippen LogP contribution is -2.32. The Kier molecular flexibility index (Phi) is 3.97. The number of hydrogen-bond donors (Lipinski definition) is 0. The molecule has 0 saturated carbocycles. The smallest absolute Gasteiger partial charge is 0.289 e. The third-order valence-corrected chi connectivity index (χ3v) is 4.03. The second kappa shape index (κ2) is 5.90. The van der Waals surface area contributed by atoms with Gasteiger partial charge in [0.05, 0.1) is 5.39 Å². The number of nitrogens with zero attached hydrogens (tertiary/aromatic N) is 1. The third-order valence-electron chi connectivity index (χ3n) is 3.79. The maximum Gasteiger partial charge on any atom is 0.289 e. The largest absolute Gasteiger partial charge is 0.451 e. The van der Waals surface area contributed by atoms with Crippen molar-refractivity contribution in [2.24, 2.45) is 0 Å². The van der Waals surface area contributed by atoms with Gasteiger partial charge in [0.1, 0.15) is 5.58 Å². The van der Waals surface area contributed by atoms with Crippen LogP contribution in [0.5, 0.6) is 0 Å². The summed E-state index contributed by atoms with van der Waals surface area (Å²) in [5.74, 6) is -0.0948. The van der Waals surface area contributed by atoms with E-state index in [4.69, 9.17) is 16.0 Å². The molecule has 0 bridgehead atoms. The van der Waals surface area contributed by atoms with Gasteiger partial charge in [0.2, 0.25) is 0 Å². The first kappa shape index (κ1) is 14.1. The Labute approximate surface area is 127 Å². The summed E-state index contributed by atoms with van der Waals surface area (Å²) in [4.78, 5) is 26.4. The number of hydrogen-bond acceptors (Lipinski definition) is 3. The molecular formula is C16H16ClNO3. The lowest BCUT2D eigenvalue weighted by atomic mass is 10.2. The summed E-state index contributed by atoms with van der Waals surface area (Å²) in [7, 11) is 0. The fourth-order valence-electron chi connectivity index (χ4n) is 2.66. The van der Waals surface area contributed by atoms with E-state index in [0.29, 0.717) is 16.0 Å². The maximum absolute atomic E-state index is 12.5. The van der Waals surface area contributed by atoms with Gasteiger partial charge in [-0.2, -0.15) is 0 Å². The molecule has 2 heterocycles. The first-order chi connectivity index (χ1) is 10.1. The molecule has 1 aliphatic heterocycles. The monoisotopic (exact) mass is 305 g/mol. The minimum absolute atomic E-state index is 0.108. The van der Waals surface area contributed by atoms with Crippen LogP contribution in [0.2, 0.25) is 5.02 Å². The molecule has 2 aromatic rings. The van der Waals surface area contributed by atoms with Gasteiger partial charge in [0.25, 0.3) is 5.91 Å². The van der Waals surface area contributed by atoms with E-state index in [1.54, 1.807) is 23.1 Å². The number of likely N-dealkylation sites (tertiary alicyclic amines) is 1. The average Bonchev–Trinajstić information content (AvgIpc) is 2.76. The van der Waals surface area contributed by atoms with Crippen molar-refractivity contribution < 1.29 is 9.21 Å². The first-order valence-corrected chi connectivity index (χ1v) is 7.55.